The van der Waals surface area contributed by atoms with Gasteiger partial charge in [-0.3, -0.25) is 14.7 Å². The summed E-state index contributed by atoms with van der Waals surface area (Å²) in [6, 6.07) is 12.2. The lowest BCUT2D eigenvalue weighted by Gasteiger charge is -2.28. The van der Waals surface area contributed by atoms with Gasteiger partial charge in [0, 0.05) is 69.7 Å². The van der Waals surface area contributed by atoms with Gasteiger partial charge in [0.05, 0.1) is 17.0 Å². The Morgan fingerprint density at radius 3 is 2.73 bits per heavy atom. The van der Waals surface area contributed by atoms with Gasteiger partial charge in [0.15, 0.2) is 23.2 Å². The molecule has 2 aromatic carbocycles. The Balaban J connectivity index is 0.963. The van der Waals surface area contributed by atoms with E-state index in [1.165, 1.54) is 6.07 Å². The fraction of sp³-hybridized carbons (Fsp3) is 0.368. The highest BCUT2D eigenvalue weighted by Crippen LogP contribution is 2.41. The monoisotopic (exact) mass is 710 g/mol. The number of hydrogen-bond acceptors (Lipinski definition) is 10. The summed E-state index contributed by atoms with van der Waals surface area (Å²) >= 11 is 1.56. The van der Waals surface area contributed by atoms with Crippen LogP contribution in [0.4, 0.5) is 4.39 Å². The van der Waals surface area contributed by atoms with Gasteiger partial charge in [0.1, 0.15) is 22.9 Å². The van der Waals surface area contributed by atoms with Gasteiger partial charge >= 0.3 is 0 Å². The van der Waals surface area contributed by atoms with E-state index in [1.54, 1.807) is 62.3 Å². The molecule has 2 atom stereocenters. The van der Waals surface area contributed by atoms with Gasteiger partial charge in [0.2, 0.25) is 5.91 Å². The number of aromatic nitrogens is 5. The molecule has 0 bridgehead atoms. The number of hydrogen-bond donors (Lipinski definition) is 1. The molecule has 0 radical (unpaired) electrons. The molecule has 1 N–H and O–H groups in total. The molecule has 2 aliphatic rings. The lowest BCUT2D eigenvalue weighted by molar-refractivity contribution is -0.140. The number of carbonyl (C=O) groups excluding carboxylic acids is 2. The first-order valence-corrected chi connectivity index (χ1v) is 17.8. The van der Waals surface area contributed by atoms with Gasteiger partial charge < -0.3 is 19.1 Å². The van der Waals surface area contributed by atoms with Crippen molar-refractivity contribution >= 4 is 39.5 Å². The second-order valence-electron chi connectivity index (χ2n) is 13.0. The van der Waals surface area contributed by atoms with Crippen LogP contribution in [0.2, 0.25) is 0 Å². The number of amides is 1. The van der Waals surface area contributed by atoms with Crippen molar-refractivity contribution in [1.29, 1.82) is 0 Å². The van der Waals surface area contributed by atoms with Crippen LogP contribution in [0, 0.1) is 11.7 Å². The Kier molecular flexibility index (Phi) is 10.3. The van der Waals surface area contributed by atoms with Crippen LogP contribution in [0.5, 0.6) is 5.75 Å². The number of ether oxygens (including phenoxy) is 3. The molecule has 1 aliphatic heterocycles. The zero-order valence-electron chi connectivity index (χ0n) is 28.6. The number of nitrogens with zero attached hydrogens (tertiary/aromatic N) is 5. The fourth-order valence-electron chi connectivity index (χ4n) is 6.99. The molecule has 4 heterocycles. The first-order chi connectivity index (χ1) is 24.9. The average Bonchev–Trinajstić information content (AvgIpc) is 3.92. The van der Waals surface area contributed by atoms with E-state index in [9.17, 15) is 14.0 Å². The van der Waals surface area contributed by atoms with Crippen molar-refractivity contribution in [3.05, 3.63) is 83.5 Å². The minimum Gasteiger partial charge on any atom is -0.488 e. The van der Waals surface area contributed by atoms with Crippen LogP contribution in [0.25, 0.3) is 38.4 Å². The summed E-state index contributed by atoms with van der Waals surface area (Å²) in [7, 11) is 3.14. The molecule has 51 heavy (non-hydrogen) atoms. The number of ketones is 1. The minimum absolute atomic E-state index is 0.0118. The van der Waals surface area contributed by atoms with Gasteiger partial charge in [-0.25, -0.2) is 19.3 Å². The third-order valence-corrected chi connectivity index (χ3v) is 10.9. The SMILES string of the molecule is COCCOc1ccc(-c2n[nH]c3ccc(CC(=O)[C@]4(OC)CCC(CC(=O)N5CC=C(c6ncc(-c7ncccn7)s6)CC5)C4)cc23)cc1F. The number of aromatic amines is 1. The number of halogens is 1. The lowest BCUT2D eigenvalue weighted by atomic mass is 9.89. The summed E-state index contributed by atoms with van der Waals surface area (Å²) in [6.45, 7) is 1.76. The molecule has 5 aromatic rings. The highest BCUT2D eigenvalue weighted by Gasteiger charge is 2.45. The number of thiazole rings is 1. The Labute approximate surface area is 298 Å². The van der Waals surface area contributed by atoms with Gasteiger partial charge in [-0.1, -0.05) is 12.1 Å². The molecule has 1 saturated carbocycles. The number of benzene rings is 2. The van der Waals surface area contributed by atoms with E-state index in [0.717, 1.165) is 44.8 Å². The van der Waals surface area contributed by atoms with Crippen molar-refractivity contribution < 1.29 is 28.2 Å². The van der Waals surface area contributed by atoms with E-state index in [1.807, 2.05) is 23.1 Å². The number of methoxy groups -OCH3 is 2. The van der Waals surface area contributed by atoms with E-state index in [-0.39, 0.29) is 36.4 Å². The maximum absolute atomic E-state index is 14.8. The Morgan fingerprint density at radius 2 is 1.96 bits per heavy atom. The van der Waals surface area contributed by atoms with E-state index in [2.05, 4.69) is 31.2 Å². The number of fused-ring (bicyclic) bond motifs is 1. The molecule has 1 aliphatic carbocycles. The predicted molar refractivity (Wildman–Crippen MR) is 192 cm³/mol. The molecule has 11 nitrogen and oxygen atoms in total. The summed E-state index contributed by atoms with van der Waals surface area (Å²) in [4.78, 5) is 43.2. The van der Waals surface area contributed by atoms with Gasteiger partial charge in [-0.05, 0) is 79.1 Å². The molecule has 1 fully saturated rings. The molecule has 264 valence electrons. The highest BCUT2D eigenvalue weighted by molar-refractivity contribution is 7.16. The quantitative estimate of drug-likeness (QED) is 0.140. The number of carbonyl (C=O) groups is 2. The maximum atomic E-state index is 14.8. The van der Waals surface area contributed by atoms with Crippen LogP contribution >= 0.6 is 11.3 Å². The van der Waals surface area contributed by atoms with Crippen LogP contribution in [0.1, 0.15) is 42.7 Å². The van der Waals surface area contributed by atoms with Crippen LogP contribution in [0.15, 0.2) is 67.1 Å². The number of Topliss-reactive ketones (excluding diaryl/α,β-unsaturated/α-hetero) is 1. The van der Waals surface area contributed by atoms with Gasteiger partial charge in [-0.15, -0.1) is 11.3 Å². The van der Waals surface area contributed by atoms with E-state index >= 15 is 0 Å². The van der Waals surface area contributed by atoms with E-state index in [4.69, 9.17) is 14.2 Å². The number of rotatable bonds is 13. The van der Waals surface area contributed by atoms with Crippen molar-refractivity contribution in [2.24, 2.45) is 5.92 Å². The van der Waals surface area contributed by atoms with Gasteiger partial charge in [-0.2, -0.15) is 5.10 Å². The standard InChI is InChI=1S/C38H39FN6O5S/c1-48-16-17-50-31-7-5-27(21-29(31)39)35-28-18-24(4-6-30(28)43-44-35)19-33(46)38(49-2)11-8-25(22-38)20-34(47)45-14-9-26(10-15-45)37-42-23-32(51-37)36-40-12-3-13-41-36/h3-7,9,12-13,18,21,23,25H,8,10-11,14-17,19-20,22H2,1-2H3,(H,43,44)/t25?,38-/m0/s1. The molecule has 7 rings (SSSR count). The number of H-pyrrole nitrogens is 1. The first kappa shape index (κ1) is 34.6. The van der Waals surface area contributed by atoms with Crippen molar-refractivity contribution in [3.8, 4) is 27.7 Å². The van der Waals surface area contributed by atoms with E-state index < -0.39 is 11.4 Å². The molecule has 1 unspecified atom stereocenters. The van der Waals surface area contributed by atoms with E-state index in [0.29, 0.717) is 56.0 Å². The third kappa shape index (κ3) is 7.46. The maximum Gasteiger partial charge on any atom is 0.223 e. The normalized spacial score (nSPS) is 19.0. The van der Waals surface area contributed by atoms with Crippen LogP contribution in [-0.4, -0.2) is 87.9 Å². The molecular formula is C38H39FN6O5S. The predicted octanol–water partition coefficient (Wildman–Crippen LogP) is 6.31. The summed E-state index contributed by atoms with van der Waals surface area (Å²) in [5.74, 6) is 0.446. The largest absolute Gasteiger partial charge is 0.488 e. The minimum atomic E-state index is -0.944. The summed E-state index contributed by atoms with van der Waals surface area (Å²) in [5, 5.41) is 9.16. The Bertz CT molecular complexity index is 2070. The number of nitrogens with one attached hydrogen (secondary N) is 1. The summed E-state index contributed by atoms with van der Waals surface area (Å²) < 4.78 is 31.2. The smallest absolute Gasteiger partial charge is 0.223 e. The fourth-order valence-corrected chi connectivity index (χ4v) is 7.92. The summed E-state index contributed by atoms with van der Waals surface area (Å²) in [6.07, 6.45) is 10.4. The molecule has 3 aromatic heterocycles. The third-order valence-electron chi connectivity index (χ3n) is 9.81. The molecular weight excluding hydrogens is 672 g/mol. The van der Waals surface area contributed by atoms with Crippen molar-refractivity contribution in [2.45, 2.75) is 44.1 Å². The zero-order valence-corrected chi connectivity index (χ0v) is 29.4. The zero-order chi connectivity index (χ0) is 35.4. The second-order valence-corrected chi connectivity index (χ2v) is 14.0. The van der Waals surface area contributed by atoms with Crippen molar-refractivity contribution in [2.75, 3.05) is 40.5 Å². The molecule has 1 amide bonds. The second kappa shape index (κ2) is 15.2. The molecule has 13 heteroatoms. The van der Waals surface area contributed by atoms with Crippen LogP contribution in [-0.2, 0) is 25.5 Å². The molecule has 0 saturated heterocycles. The molecule has 0 spiro atoms. The Hall–Kier alpha value is -4.85. The lowest BCUT2D eigenvalue weighted by Crippen LogP contribution is -2.40. The van der Waals surface area contributed by atoms with Gasteiger partial charge in [0.25, 0.3) is 0 Å². The summed E-state index contributed by atoms with van der Waals surface area (Å²) in [5.41, 5.74) is 2.95. The average molecular weight is 711 g/mol. The highest BCUT2D eigenvalue weighted by atomic mass is 32.1. The topological polar surface area (TPSA) is 132 Å². The first-order valence-electron chi connectivity index (χ1n) is 17.0. The van der Waals surface area contributed by atoms with Crippen LogP contribution in [0.3, 0.4) is 0 Å². The van der Waals surface area contributed by atoms with Crippen molar-refractivity contribution in [1.82, 2.24) is 30.0 Å². The van der Waals surface area contributed by atoms with Crippen LogP contribution < -0.4 is 4.74 Å². The van der Waals surface area contributed by atoms with Crippen molar-refractivity contribution in [3.63, 3.8) is 0 Å². The Morgan fingerprint density at radius 1 is 1.10 bits per heavy atom.